The largest absolute Gasteiger partial charge is 0.507 e. The molecule has 0 aromatic heterocycles. The molecule has 0 unspecified atom stereocenters. The van der Waals surface area contributed by atoms with Crippen LogP contribution in [0.25, 0.3) is 0 Å². The van der Waals surface area contributed by atoms with Gasteiger partial charge >= 0.3 is 0 Å². The SMILES string of the molecule is CC(=O)N1N=C(c2ccccc2O)C[C@@H]1c1ccc(F)cc1. The molecular formula is C17H15FN2O2. The number of amides is 1. The highest BCUT2D eigenvalue weighted by molar-refractivity contribution is 6.05. The Kier molecular flexibility index (Phi) is 3.63. The molecule has 0 aliphatic carbocycles. The quantitative estimate of drug-likeness (QED) is 0.925. The van der Waals surface area contributed by atoms with Gasteiger partial charge < -0.3 is 5.11 Å². The van der Waals surface area contributed by atoms with E-state index in [0.29, 0.717) is 17.7 Å². The molecule has 2 aromatic rings. The van der Waals surface area contributed by atoms with Crippen molar-refractivity contribution in [3.05, 3.63) is 65.5 Å². The summed E-state index contributed by atoms with van der Waals surface area (Å²) in [6.07, 6.45) is 0.475. The third-order valence-electron chi connectivity index (χ3n) is 3.70. The van der Waals surface area contributed by atoms with Gasteiger partial charge in [0.25, 0.3) is 0 Å². The number of aromatic hydroxyl groups is 1. The van der Waals surface area contributed by atoms with Crippen molar-refractivity contribution in [3.63, 3.8) is 0 Å². The minimum atomic E-state index is -0.321. The predicted octanol–water partition coefficient (Wildman–Crippen LogP) is 3.23. The molecule has 0 fully saturated rings. The van der Waals surface area contributed by atoms with Gasteiger partial charge in [0.15, 0.2) is 0 Å². The fraction of sp³-hybridized carbons (Fsp3) is 0.176. The average Bonchev–Trinajstić information content (AvgIpc) is 2.93. The van der Waals surface area contributed by atoms with E-state index < -0.39 is 0 Å². The Bertz CT molecular complexity index is 741. The molecule has 2 aromatic carbocycles. The maximum absolute atomic E-state index is 13.1. The van der Waals surface area contributed by atoms with Gasteiger partial charge in [-0.3, -0.25) is 4.79 Å². The van der Waals surface area contributed by atoms with Crippen molar-refractivity contribution in [1.29, 1.82) is 0 Å². The second-order valence-corrected chi connectivity index (χ2v) is 5.20. The molecule has 1 N–H and O–H groups in total. The molecule has 4 nitrogen and oxygen atoms in total. The molecule has 1 aliphatic heterocycles. The molecule has 5 heteroatoms. The topological polar surface area (TPSA) is 52.9 Å². The molecule has 0 radical (unpaired) electrons. The summed E-state index contributed by atoms with van der Waals surface area (Å²) in [4.78, 5) is 11.8. The summed E-state index contributed by atoms with van der Waals surface area (Å²) in [6.45, 7) is 1.44. The van der Waals surface area contributed by atoms with E-state index in [4.69, 9.17) is 0 Å². The minimum Gasteiger partial charge on any atom is -0.507 e. The highest BCUT2D eigenvalue weighted by Crippen LogP contribution is 2.34. The molecule has 1 heterocycles. The van der Waals surface area contributed by atoms with Crippen molar-refractivity contribution in [2.75, 3.05) is 0 Å². The maximum atomic E-state index is 13.1. The highest BCUT2D eigenvalue weighted by atomic mass is 19.1. The van der Waals surface area contributed by atoms with Crippen LogP contribution >= 0.6 is 0 Å². The monoisotopic (exact) mass is 298 g/mol. The number of para-hydroxylation sites is 1. The van der Waals surface area contributed by atoms with Gasteiger partial charge in [0.2, 0.25) is 5.91 Å². The van der Waals surface area contributed by atoms with Crippen molar-refractivity contribution in [3.8, 4) is 5.75 Å². The first-order valence-electron chi connectivity index (χ1n) is 6.97. The summed E-state index contributed by atoms with van der Waals surface area (Å²) in [5, 5.41) is 15.7. The number of carbonyl (C=O) groups excluding carboxylic acids is 1. The number of carbonyl (C=O) groups is 1. The van der Waals surface area contributed by atoms with Crippen LogP contribution in [0.2, 0.25) is 0 Å². The standard InChI is InChI=1S/C17H15FN2O2/c1-11(21)20-16(12-6-8-13(18)9-7-12)10-15(19-20)14-4-2-3-5-17(14)22/h2-9,16,22H,10H2,1H3/t16-/m1/s1. The first-order chi connectivity index (χ1) is 10.6. The van der Waals surface area contributed by atoms with Gasteiger partial charge in [0.05, 0.1) is 11.8 Å². The molecule has 1 amide bonds. The first-order valence-corrected chi connectivity index (χ1v) is 6.97. The van der Waals surface area contributed by atoms with E-state index in [1.165, 1.54) is 24.1 Å². The van der Waals surface area contributed by atoms with E-state index in [9.17, 15) is 14.3 Å². The Labute approximate surface area is 127 Å². The van der Waals surface area contributed by atoms with Gasteiger partial charge in [-0.2, -0.15) is 5.10 Å². The van der Waals surface area contributed by atoms with Crippen LogP contribution in [0.4, 0.5) is 4.39 Å². The number of nitrogens with zero attached hydrogens (tertiary/aromatic N) is 2. The van der Waals surface area contributed by atoms with Crippen molar-refractivity contribution in [2.24, 2.45) is 5.10 Å². The lowest BCUT2D eigenvalue weighted by Crippen LogP contribution is -2.24. The number of hydrogen-bond donors (Lipinski definition) is 1. The molecule has 0 spiro atoms. The molecule has 22 heavy (non-hydrogen) atoms. The lowest BCUT2D eigenvalue weighted by molar-refractivity contribution is -0.130. The number of halogens is 1. The molecule has 0 saturated heterocycles. The van der Waals surface area contributed by atoms with Crippen LogP contribution < -0.4 is 0 Å². The molecular weight excluding hydrogens is 283 g/mol. The van der Waals surface area contributed by atoms with Crippen LogP contribution in [0.3, 0.4) is 0 Å². The summed E-state index contributed by atoms with van der Waals surface area (Å²) in [6, 6.07) is 12.6. The fourth-order valence-electron chi connectivity index (χ4n) is 2.63. The van der Waals surface area contributed by atoms with Gasteiger partial charge in [-0.05, 0) is 29.8 Å². The number of benzene rings is 2. The number of hydrogen-bond acceptors (Lipinski definition) is 3. The fourth-order valence-corrected chi connectivity index (χ4v) is 2.63. The van der Waals surface area contributed by atoms with E-state index in [1.807, 2.05) is 0 Å². The van der Waals surface area contributed by atoms with Crippen LogP contribution in [0.15, 0.2) is 53.6 Å². The van der Waals surface area contributed by atoms with Crippen molar-refractivity contribution in [2.45, 2.75) is 19.4 Å². The van der Waals surface area contributed by atoms with Gasteiger partial charge in [-0.25, -0.2) is 9.40 Å². The highest BCUT2D eigenvalue weighted by Gasteiger charge is 2.32. The van der Waals surface area contributed by atoms with Crippen LogP contribution in [-0.4, -0.2) is 21.7 Å². The van der Waals surface area contributed by atoms with Crippen LogP contribution in [-0.2, 0) is 4.79 Å². The Morgan fingerprint density at radius 3 is 2.55 bits per heavy atom. The van der Waals surface area contributed by atoms with E-state index >= 15 is 0 Å². The molecule has 1 aliphatic rings. The van der Waals surface area contributed by atoms with Crippen molar-refractivity contribution in [1.82, 2.24) is 5.01 Å². The summed E-state index contributed by atoms with van der Waals surface area (Å²) >= 11 is 0. The van der Waals surface area contributed by atoms with Gasteiger partial charge in [0.1, 0.15) is 11.6 Å². The lowest BCUT2D eigenvalue weighted by Gasteiger charge is -2.20. The lowest BCUT2D eigenvalue weighted by atomic mass is 9.98. The number of rotatable bonds is 2. The van der Waals surface area contributed by atoms with E-state index in [0.717, 1.165) is 5.56 Å². The summed E-state index contributed by atoms with van der Waals surface area (Å²) in [5.41, 5.74) is 2.06. The van der Waals surface area contributed by atoms with Crippen LogP contribution in [0.1, 0.15) is 30.5 Å². The van der Waals surface area contributed by atoms with E-state index in [2.05, 4.69) is 5.10 Å². The third-order valence-corrected chi connectivity index (χ3v) is 3.70. The summed E-state index contributed by atoms with van der Waals surface area (Å²) in [7, 11) is 0. The number of phenolic OH excluding ortho intramolecular Hbond substituents is 1. The first kappa shape index (κ1) is 14.3. The Morgan fingerprint density at radius 2 is 1.91 bits per heavy atom. The summed E-state index contributed by atoms with van der Waals surface area (Å²) in [5.74, 6) is -0.387. The van der Waals surface area contributed by atoms with Gasteiger partial charge in [0, 0.05) is 18.9 Å². The summed E-state index contributed by atoms with van der Waals surface area (Å²) < 4.78 is 13.1. The van der Waals surface area contributed by atoms with Crippen LogP contribution in [0.5, 0.6) is 5.75 Å². The normalized spacial score (nSPS) is 17.5. The Morgan fingerprint density at radius 1 is 1.23 bits per heavy atom. The molecule has 0 saturated carbocycles. The van der Waals surface area contributed by atoms with Crippen molar-refractivity contribution < 1.29 is 14.3 Å². The van der Waals surface area contributed by atoms with Gasteiger partial charge in [-0.15, -0.1) is 0 Å². The maximum Gasteiger partial charge on any atom is 0.240 e. The molecule has 112 valence electrons. The average molecular weight is 298 g/mol. The zero-order chi connectivity index (χ0) is 15.7. The smallest absolute Gasteiger partial charge is 0.240 e. The van der Waals surface area contributed by atoms with Crippen molar-refractivity contribution >= 4 is 11.6 Å². The Hall–Kier alpha value is -2.69. The molecule has 0 bridgehead atoms. The number of phenols is 1. The third kappa shape index (κ3) is 2.57. The minimum absolute atomic E-state index is 0.129. The second kappa shape index (κ2) is 5.60. The van der Waals surface area contributed by atoms with Crippen LogP contribution in [0, 0.1) is 5.82 Å². The zero-order valence-electron chi connectivity index (χ0n) is 12.0. The Balaban J connectivity index is 1.96. The molecule has 1 atom stereocenters. The predicted molar refractivity (Wildman–Crippen MR) is 80.9 cm³/mol. The van der Waals surface area contributed by atoms with E-state index in [-0.39, 0.29) is 23.5 Å². The number of hydrazone groups is 1. The molecule has 3 rings (SSSR count). The second-order valence-electron chi connectivity index (χ2n) is 5.20. The van der Waals surface area contributed by atoms with E-state index in [1.54, 1.807) is 36.4 Å². The van der Waals surface area contributed by atoms with Gasteiger partial charge in [-0.1, -0.05) is 24.3 Å². The zero-order valence-corrected chi connectivity index (χ0v) is 12.0.